The number of carbonyl (C=O) groups excluding carboxylic acids is 1. The Labute approximate surface area is 233 Å². The van der Waals surface area contributed by atoms with E-state index in [1.807, 2.05) is 62.4 Å². The summed E-state index contributed by atoms with van der Waals surface area (Å²) >= 11 is 0. The number of aromatic nitrogens is 5. The van der Waals surface area contributed by atoms with Crippen molar-refractivity contribution >= 4 is 28.8 Å². The summed E-state index contributed by atoms with van der Waals surface area (Å²) in [7, 11) is 7.08. The summed E-state index contributed by atoms with van der Waals surface area (Å²) in [6, 6.07) is 11.6. The van der Waals surface area contributed by atoms with Crippen LogP contribution in [-0.4, -0.2) is 75.9 Å². The zero-order valence-corrected chi connectivity index (χ0v) is 23.5. The zero-order valence-electron chi connectivity index (χ0n) is 23.5. The van der Waals surface area contributed by atoms with Crippen LogP contribution < -0.4 is 15.0 Å². The molecule has 4 heterocycles. The van der Waals surface area contributed by atoms with Gasteiger partial charge in [0.2, 0.25) is 0 Å². The number of anilines is 4. The van der Waals surface area contributed by atoms with Crippen molar-refractivity contribution in [2.24, 2.45) is 7.05 Å². The standard InChI is InChI=1S/C29H34N8O3/c1-6-25(38)22-14-31-27(33-26-11-10-19(13-30-26)15-37-16-20(17-37)39-4)12-24(22)36(3)23-9-7-8-21(28(23)40-5)29-32-18-35(2)34-29/h7-14,18,20H,6,15-17H2,1-5H3,(H,30,31,33). The van der Waals surface area contributed by atoms with Gasteiger partial charge in [0.15, 0.2) is 17.4 Å². The number of hydrogen-bond donors (Lipinski definition) is 1. The second-order valence-electron chi connectivity index (χ2n) is 9.75. The Balaban J connectivity index is 1.42. The van der Waals surface area contributed by atoms with Crippen molar-refractivity contribution in [1.82, 2.24) is 29.6 Å². The van der Waals surface area contributed by atoms with Crippen LogP contribution in [0.2, 0.25) is 0 Å². The average molecular weight is 543 g/mol. The van der Waals surface area contributed by atoms with Gasteiger partial charge in [-0.25, -0.2) is 15.0 Å². The molecule has 0 atom stereocenters. The van der Waals surface area contributed by atoms with E-state index < -0.39 is 0 Å². The maximum Gasteiger partial charge on any atom is 0.184 e. The molecule has 0 radical (unpaired) electrons. The Kier molecular flexibility index (Phi) is 8.04. The Bertz CT molecular complexity index is 1480. The van der Waals surface area contributed by atoms with Crippen molar-refractivity contribution in [3.63, 3.8) is 0 Å². The van der Waals surface area contributed by atoms with Gasteiger partial charge in [0.25, 0.3) is 0 Å². The van der Waals surface area contributed by atoms with Crippen molar-refractivity contribution < 1.29 is 14.3 Å². The van der Waals surface area contributed by atoms with Crippen LogP contribution in [0.1, 0.15) is 29.3 Å². The van der Waals surface area contributed by atoms with Crippen molar-refractivity contribution in [2.75, 3.05) is 44.6 Å². The highest BCUT2D eigenvalue weighted by molar-refractivity contribution is 6.02. The Morgan fingerprint density at radius 2 is 1.88 bits per heavy atom. The molecule has 1 aliphatic rings. The quantitative estimate of drug-likeness (QED) is 0.277. The number of hydrogen-bond acceptors (Lipinski definition) is 10. The Hall–Kier alpha value is -4.35. The number of rotatable bonds is 11. The molecule has 208 valence electrons. The number of likely N-dealkylation sites (tertiary alicyclic amines) is 1. The van der Waals surface area contributed by atoms with Gasteiger partial charge < -0.3 is 19.7 Å². The van der Waals surface area contributed by atoms with E-state index in [-0.39, 0.29) is 5.78 Å². The molecular weight excluding hydrogens is 508 g/mol. The lowest BCUT2D eigenvalue weighted by molar-refractivity contribution is -0.0334. The summed E-state index contributed by atoms with van der Waals surface area (Å²) in [5.74, 6) is 2.39. The van der Waals surface area contributed by atoms with Crippen LogP contribution in [0, 0.1) is 0 Å². The third-order valence-corrected chi connectivity index (χ3v) is 7.01. The molecule has 0 bridgehead atoms. The first-order valence-corrected chi connectivity index (χ1v) is 13.2. The number of carbonyl (C=O) groups is 1. The Morgan fingerprint density at radius 1 is 1.07 bits per heavy atom. The Morgan fingerprint density at radius 3 is 2.52 bits per heavy atom. The largest absolute Gasteiger partial charge is 0.494 e. The summed E-state index contributed by atoms with van der Waals surface area (Å²) in [6.45, 7) is 4.55. The first-order valence-electron chi connectivity index (χ1n) is 13.2. The lowest BCUT2D eigenvalue weighted by Gasteiger charge is -2.38. The van der Waals surface area contributed by atoms with Crippen LogP contribution in [0.15, 0.2) is 55.1 Å². The summed E-state index contributed by atoms with van der Waals surface area (Å²) in [5, 5.41) is 7.72. The molecule has 0 spiro atoms. The number of ketones is 1. The van der Waals surface area contributed by atoms with E-state index in [4.69, 9.17) is 9.47 Å². The molecule has 0 unspecified atom stereocenters. The van der Waals surface area contributed by atoms with E-state index in [1.165, 1.54) is 0 Å². The molecule has 5 rings (SSSR count). The first-order chi connectivity index (χ1) is 19.4. The fraction of sp³-hybridized carbons (Fsp3) is 0.345. The van der Waals surface area contributed by atoms with E-state index in [0.29, 0.717) is 47.0 Å². The minimum absolute atomic E-state index is 0.00778. The van der Waals surface area contributed by atoms with Gasteiger partial charge in [-0.05, 0) is 23.8 Å². The molecule has 1 saturated heterocycles. The van der Waals surface area contributed by atoms with Crippen molar-refractivity contribution in [3.05, 3.63) is 66.2 Å². The average Bonchev–Trinajstić information content (AvgIpc) is 3.40. The number of ether oxygens (including phenoxy) is 2. The van der Waals surface area contributed by atoms with Crippen molar-refractivity contribution in [3.8, 4) is 17.1 Å². The van der Waals surface area contributed by atoms with E-state index >= 15 is 0 Å². The van der Waals surface area contributed by atoms with E-state index in [2.05, 4.69) is 36.3 Å². The normalized spacial score (nSPS) is 13.6. The van der Waals surface area contributed by atoms with Gasteiger partial charge in [-0.2, -0.15) is 5.10 Å². The number of Topliss-reactive ketones (excluding diaryl/α,β-unsaturated/α-hetero) is 1. The molecule has 0 saturated carbocycles. The van der Waals surface area contributed by atoms with Gasteiger partial charge in [0.05, 0.1) is 35.7 Å². The number of nitrogens with one attached hydrogen (secondary N) is 1. The maximum atomic E-state index is 12.9. The van der Waals surface area contributed by atoms with Crippen LogP contribution in [0.3, 0.4) is 0 Å². The lowest BCUT2D eigenvalue weighted by Crippen LogP contribution is -2.50. The fourth-order valence-corrected chi connectivity index (χ4v) is 4.75. The highest BCUT2D eigenvalue weighted by Crippen LogP contribution is 2.40. The minimum Gasteiger partial charge on any atom is -0.494 e. The van der Waals surface area contributed by atoms with Crippen molar-refractivity contribution in [1.29, 1.82) is 0 Å². The zero-order chi connectivity index (χ0) is 28.2. The van der Waals surface area contributed by atoms with Crippen LogP contribution in [-0.2, 0) is 18.3 Å². The maximum absolute atomic E-state index is 12.9. The SMILES string of the molecule is CCC(=O)c1cnc(Nc2ccc(CN3CC(OC)C3)cn2)cc1N(C)c1cccc(-c2ncn(C)n2)c1OC. The summed E-state index contributed by atoms with van der Waals surface area (Å²) in [4.78, 5) is 30.7. The smallest absolute Gasteiger partial charge is 0.184 e. The first kappa shape index (κ1) is 27.2. The van der Waals surface area contributed by atoms with Crippen LogP contribution in [0.5, 0.6) is 5.75 Å². The minimum atomic E-state index is -0.00778. The molecule has 11 heteroatoms. The van der Waals surface area contributed by atoms with Crippen molar-refractivity contribution in [2.45, 2.75) is 26.0 Å². The number of aryl methyl sites for hydroxylation is 1. The highest BCUT2D eigenvalue weighted by atomic mass is 16.5. The van der Waals surface area contributed by atoms with Gasteiger partial charge in [-0.1, -0.05) is 19.1 Å². The van der Waals surface area contributed by atoms with Gasteiger partial charge in [-0.3, -0.25) is 14.4 Å². The van der Waals surface area contributed by atoms with E-state index in [1.54, 1.807) is 31.4 Å². The molecule has 0 aliphatic carbocycles. The topological polar surface area (TPSA) is 111 Å². The summed E-state index contributed by atoms with van der Waals surface area (Å²) in [6.07, 6.45) is 5.80. The molecule has 1 N–H and O–H groups in total. The molecule has 40 heavy (non-hydrogen) atoms. The number of para-hydroxylation sites is 1. The number of methoxy groups -OCH3 is 2. The molecule has 1 aromatic carbocycles. The fourth-order valence-electron chi connectivity index (χ4n) is 4.75. The van der Waals surface area contributed by atoms with Gasteiger partial charge in [0, 0.05) is 65.7 Å². The number of benzene rings is 1. The molecule has 1 fully saturated rings. The second kappa shape index (κ2) is 11.8. The molecular formula is C29H34N8O3. The van der Waals surface area contributed by atoms with Crippen LogP contribution >= 0.6 is 0 Å². The predicted molar refractivity (Wildman–Crippen MR) is 154 cm³/mol. The molecule has 3 aromatic heterocycles. The predicted octanol–water partition coefficient (Wildman–Crippen LogP) is 4.22. The monoisotopic (exact) mass is 542 g/mol. The van der Waals surface area contributed by atoms with Gasteiger partial charge in [0.1, 0.15) is 18.0 Å². The van der Waals surface area contributed by atoms with Crippen LogP contribution in [0.4, 0.5) is 23.0 Å². The second-order valence-corrected chi connectivity index (χ2v) is 9.75. The summed E-state index contributed by atoms with van der Waals surface area (Å²) in [5.41, 5.74) is 3.86. The van der Waals surface area contributed by atoms with Gasteiger partial charge >= 0.3 is 0 Å². The number of pyridine rings is 2. The van der Waals surface area contributed by atoms with E-state index in [9.17, 15) is 4.79 Å². The highest BCUT2D eigenvalue weighted by Gasteiger charge is 2.26. The molecule has 4 aromatic rings. The molecule has 11 nitrogen and oxygen atoms in total. The van der Waals surface area contributed by atoms with Crippen LogP contribution in [0.25, 0.3) is 11.4 Å². The third-order valence-electron chi connectivity index (χ3n) is 7.01. The molecule has 1 aliphatic heterocycles. The third kappa shape index (κ3) is 5.65. The van der Waals surface area contributed by atoms with E-state index in [0.717, 1.165) is 36.4 Å². The molecule has 0 amide bonds. The van der Waals surface area contributed by atoms with Gasteiger partial charge in [-0.15, -0.1) is 0 Å². The summed E-state index contributed by atoms with van der Waals surface area (Å²) < 4.78 is 12.8. The lowest BCUT2D eigenvalue weighted by atomic mass is 10.1. The number of nitrogens with zero attached hydrogens (tertiary/aromatic N) is 7.